The van der Waals surface area contributed by atoms with Crippen molar-refractivity contribution in [3.05, 3.63) is 71.0 Å². The molecule has 29 heavy (non-hydrogen) atoms. The SMILES string of the molecule is Cc1ccc(NC(=O)[C@@H](C)Sc2nnc(C3CC3)n2Cc2ccccc2)c(C)c1. The zero-order valence-corrected chi connectivity index (χ0v) is 17.9. The maximum Gasteiger partial charge on any atom is 0.237 e. The quantitative estimate of drug-likeness (QED) is 0.565. The molecule has 0 unspecified atom stereocenters. The van der Waals surface area contributed by atoms with Gasteiger partial charge in [0.15, 0.2) is 5.16 Å². The van der Waals surface area contributed by atoms with Crippen LogP contribution in [0.3, 0.4) is 0 Å². The van der Waals surface area contributed by atoms with Crippen LogP contribution in [0.1, 0.15) is 48.2 Å². The van der Waals surface area contributed by atoms with Crippen LogP contribution in [0.15, 0.2) is 53.7 Å². The van der Waals surface area contributed by atoms with Gasteiger partial charge in [-0.1, -0.05) is 59.8 Å². The van der Waals surface area contributed by atoms with E-state index in [4.69, 9.17) is 0 Å². The number of nitrogens with zero attached hydrogens (tertiary/aromatic N) is 3. The van der Waals surface area contributed by atoms with E-state index < -0.39 is 0 Å². The average molecular weight is 407 g/mol. The fraction of sp³-hybridized carbons (Fsp3) is 0.348. The summed E-state index contributed by atoms with van der Waals surface area (Å²) in [5.74, 6) is 1.52. The van der Waals surface area contributed by atoms with Crippen molar-refractivity contribution in [2.75, 3.05) is 5.32 Å². The number of amides is 1. The van der Waals surface area contributed by atoms with Gasteiger partial charge in [0.1, 0.15) is 5.82 Å². The molecule has 5 nitrogen and oxygen atoms in total. The molecule has 0 radical (unpaired) electrons. The van der Waals surface area contributed by atoms with Crippen molar-refractivity contribution in [3.63, 3.8) is 0 Å². The third-order valence-corrected chi connectivity index (χ3v) is 6.24. The number of rotatable bonds is 7. The summed E-state index contributed by atoms with van der Waals surface area (Å²) < 4.78 is 2.18. The number of carbonyl (C=O) groups excluding carboxylic acids is 1. The summed E-state index contributed by atoms with van der Waals surface area (Å²) in [5.41, 5.74) is 4.32. The molecule has 1 aliphatic rings. The second kappa shape index (κ2) is 8.41. The molecule has 1 aromatic heterocycles. The first-order valence-corrected chi connectivity index (χ1v) is 10.9. The number of hydrogen-bond acceptors (Lipinski definition) is 4. The molecular weight excluding hydrogens is 380 g/mol. The van der Waals surface area contributed by atoms with Crippen LogP contribution in [-0.4, -0.2) is 25.9 Å². The van der Waals surface area contributed by atoms with Gasteiger partial charge < -0.3 is 9.88 Å². The van der Waals surface area contributed by atoms with E-state index >= 15 is 0 Å². The molecule has 1 heterocycles. The molecule has 1 amide bonds. The van der Waals surface area contributed by atoms with Crippen molar-refractivity contribution >= 4 is 23.4 Å². The van der Waals surface area contributed by atoms with Crippen molar-refractivity contribution in [2.45, 2.75) is 56.5 Å². The zero-order chi connectivity index (χ0) is 20.4. The molecule has 1 N–H and O–H groups in total. The molecular formula is C23H26N4OS. The third-order valence-electron chi connectivity index (χ3n) is 5.16. The summed E-state index contributed by atoms with van der Waals surface area (Å²) in [5, 5.41) is 12.5. The minimum absolute atomic E-state index is 0.0239. The Morgan fingerprint density at radius 2 is 1.93 bits per heavy atom. The van der Waals surface area contributed by atoms with E-state index in [-0.39, 0.29) is 11.2 Å². The van der Waals surface area contributed by atoms with Crippen molar-refractivity contribution in [1.82, 2.24) is 14.8 Å². The number of nitrogens with one attached hydrogen (secondary N) is 1. The summed E-state index contributed by atoms with van der Waals surface area (Å²) in [6, 6.07) is 16.4. The van der Waals surface area contributed by atoms with Crippen LogP contribution < -0.4 is 5.32 Å². The van der Waals surface area contributed by atoms with Crippen molar-refractivity contribution in [2.24, 2.45) is 0 Å². The molecule has 0 bridgehead atoms. The lowest BCUT2D eigenvalue weighted by molar-refractivity contribution is -0.115. The van der Waals surface area contributed by atoms with Crippen LogP contribution in [0.5, 0.6) is 0 Å². The zero-order valence-electron chi connectivity index (χ0n) is 17.1. The highest BCUT2D eigenvalue weighted by atomic mass is 32.2. The lowest BCUT2D eigenvalue weighted by atomic mass is 10.1. The highest BCUT2D eigenvalue weighted by Gasteiger charge is 2.31. The Hall–Kier alpha value is -2.60. The van der Waals surface area contributed by atoms with Crippen LogP contribution in [-0.2, 0) is 11.3 Å². The van der Waals surface area contributed by atoms with Gasteiger partial charge in [-0.05, 0) is 50.8 Å². The molecule has 1 fully saturated rings. The summed E-state index contributed by atoms with van der Waals surface area (Å²) in [4.78, 5) is 12.8. The van der Waals surface area contributed by atoms with Crippen LogP contribution in [0.25, 0.3) is 0 Å². The van der Waals surface area contributed by atoms with E-state index in [1.54, 1.807) is 0 Å². The Morgan fingerprint density at radius 1 is 1.17 bits per heavy atom. The predicted molar refractivity (Wildman–Crippen MR) is 117 cm³/mol. The molecule has 1 aliphatic carbocycles. The maximum atomic E-state index is 12.8. The van der Waals surface area contributed by atoms with Gasteiger partial charge in [0.05, 0.1) is 11.8 Å². The first-order valence-electron chi connectivity index (χ1n) is 10.0. The van der Waals surface area contributed by atoms with Crippen LogP contribution >= 0.6 is 11.8 Å². The number of aryl methyl sites for hydroxylation is 2. The van der Waals surface area contributed by atoms with Crippen molar-refractivity contribution < 1.29 is 4.79 Å². The van der Waals surface area contributed by atoms with E-state index in [0.717, 1.165) is 28.8 Å². The minimum Gasteiger partial charge on any atom is -0.325 e. The van der Waals surface area contributed by atoms with Gasteiger partial charge in [0.25, 0.3) is 0 Å². The lowest BCUT2D eigenvalue weighted by Gasteiger charge is -2.15. The molecule has 0 saturated heterocycles. The fourth-order valence-electron chi connectivity index (χ4n) is 3.35. The monoisotopic (exact) mass is 406 g/mol. The second-order valence-corrected chi connectivity index (χ2v) is 9.06. The minimum atomic E-state index is -0.276. The predicted octanol–water partition coefficient (Wildman–Crippen LogP) is 4.94. The summed E-state index contributed by atoms with van der Waals surface area (Å²) in [6.07, 6.45) is 2.33. The third kappa shape index (κ3) is 4.70. The van der Waals surface area contributed by atoms with Gasteiger partial charge in [-0.3, -0.25) is 4.79 Å². The first kappa shape index (κ1) is 19.7. The summed E-state index contributed by atoms with van der Waals surface area (Å²) in [7, 11) is 0. The van der Waals surface area contributed by atoms with Crippen LogP contribution in [0, 0.1) is 13.8 Å². The molecule has 1 atom stereocenters. The molecule has 3 aromatic rings. The topological polar surface area (TPSA) is 59.8 Å². The largest absolute Gasteiger partial charge is 0.325 e. The van der Waals surface area contributed by atoms with Crippen molar-refractivity contribution in [1.29, 1.82) is 0 Å². The molecule has 0 aliphatic heterocycles. The van der Waals surface area contributed by atoms with Gasteiger partial charge in [-0.15, -0.1) is 10.2 Å². The normalized spacial score (nSPS) is 14.6. The van der Waals surface area contributed by atoms with Gasteiger partial charge in [-0.2, -0.15) is 0 Å². The molecule has 0 spiro atoms. The van der Waals surface area contributed by atoms with E-state index in [1.165, 1.54) is 35.7 Å². The maximum absolute atomic E-state index is 12.8. The van der Waals surface area contributed by atoms with Gasteiger partial charge in [-0.25, -0.2) is 0 Å². The smallest absolute Gasteiger partial charge is 0.237 e. The van der Waals surface area contributed by atoms with E-state index in [1.807, 2.05) is 51.1 Å². The molecule has 6 heteroatoms. The number of benzene rings is 2. The Bertz CT molecular complexity index is 1010. The Labute approximate surface area is 175 Å². The second-order valence-electron chi connectivity index (χ2n) is 7.75. The van der Waals surface area contributed by atoms with E-state index in [0.29, 0.717) is 5.92 Å². The Kier molecular flexibility index (Phi) is 5.72. The molecule has 150 valence electrons. The number of aromatic nitrogens is 3. The van der Waals surface area contributed by atoms with E-state index in [2.05, 4.69) is 38.3 Å². The molecule has 4 rings (SSSR count). The number of hydrogen-bond donors (Lipinski definition) is 1. The number of anilines is 1. The van der Waals surface area contributed by atoms with Gasteiger partial charge >= 0.3 is 0 Å². The van der Waals surface area contributed by atoms with Crippen LogP contribution in [0.4, 0.5) is 5.69 Å². The number of thioether (sulfide) groups is 1. The van der Waals surface area contributed by atoms with Gasteiger partial charge in [0, 0.05) is 11.6 Å². The fourth-order valence-corrected chi connectivity index (χ4v) is 4.20. The molecule has 1 saturated carbocycles. The molecule has 2 aromatic carbocycles. The summed E-state index contributed by atoms with van der Waals surface area (Å²) >= 11 is 1.47. The van der Waals surface area contributed by atoms with Gasteiger partial charge in [0.2, 0.25) is 5.91 Å². The Balaban J connectivity index is 1.50. The van der Waals surface area contributed by atoms with E-state index in [9.17, 15) is 4.79 Å². The lowest BCUT2D eigenvalue weighted by Crippen LogP contribution is -2.23. The average Bonchev–Trinajstić information content (AvgIpc) is 3.48. The highest BCUT2D eigenvalue weighted by Crippen LogP contribution is 2.40. The van der Waals surface area contributed by atoms with Crippen LogP contribution in [0.2, 0.25) is 0 Å². The Morgan fingerprint density at radius 3 is 2.62 bits per heavy atom. The highest BCUT2D eigenvalue weighted by molar-refractivity contribution is 8.00. The summed E-state index contributed by atoms with van der Waals surface area (Å²) in [6.45, 7) is 6.71. The van der Waals surface area contributed by atoms with Crippen molar-refractivity contribution in [3.8, 4) is 0 Å². The first-order chi connectivity index (χ1) is 14.0. The number of carbonyl (C=O) groups is 1. The standard InChI is InChI=1S/C23H26N4OS/c1-15-9-12-20(16(2)13-15)24-22(28)17(3)29-23-26-25-21(19-10-11-19)27(23)14-18-7-5-4-6-8-18/h4-9,12-13,17,19H,10-11,14H2,1-3H3,(H,24,28)/t17-/m1/s1.